The van der Waals surface area contributed by atoms with Crippen LogP contribution in [0.4, 0.5) is 0 Å². The van der Waals surface area contributed by atoms with Crippen molar-refractivity contribution in [2.45, 2.75) is 76.3 Å². The zero-order chi connectivity index (χ0) is 21.8. The molecule has 31 heavy (non-hydrogen) atoms. The van der Waals surface area contributed by atoms with Gasteiger partial charge in [0.2, 0.25) is 11.8 Å². The van der Waals surface area contributed by atoms with E-state index in [2.05, 4.69) is 40.5 Å². The van der Waals surface area contributed by atoms with Crippen molar-refractivity contribution in [1.82, 2.24) is 10.2 Å². The van der Waals surface area contributed by atoms with Gasteiger partial charge >= 0.3 is 0 Å². The first-order valence-electron chi connectivity index (χ1n) is 12.2. The second kappa shape index (κ2) is 7.61. The summed E-state index contributed by atoms with van der Waals surface area (Å²) in [5.74, 6) is 1.94. The summed E-state index contributed by atoms with van der Waals surface area (Å²) in [6.07, 6.45) is 7.49. The van der Waals surface area contributed by atoms with Crippen molar-refractivity contribution >= 4 is 11.8 Å². The van der Waals surface area contributed by atoms with Crippen molar-refractivity contribution in [3.8, 4) is 0 Å². The van der Waals surface area contributed by atoms with E-state index in [1.807, 2.05) is 13.8 Å². The Balaban J connectivity index is 1.33. The Morgan fingerprint density at radius 3 is 2.42 bits per heavy atom. The molecule has 4 unspecified atom stereocenters. The fraction of sp³-hybridized carbons (Fsp3) is 0.692. The number of piperidine rings is 1. The monoisotopic (exact) mass is 423 g/mol. The van der Waals surface area contributed by atoms with Crippen LogP contribution in [0.15, 0.2) is 30.3 Å². The maximum absolute atomic E-state index is 13.7. The minimum atomic E-state index is -0.610. The Hall–Kier alpha value is -1.88. The first-order chi connectivity index (χ1) is 14.8. The van der Waals surface area contributed by atoms with Crippen molar-refractivity contribution in [1.29, 1.82) is 0 Å². The molecule has 3 N–H and O–H groups in total. The fourth-order valence-electron chi connectivity index (χ4n) is 7.59. The minimum Gasteiger partial charge on any atom is -0.369 e. The molecule has 4 atom stereocenters. The molecule has 168 valence electrons. The highest BCUT2D eigenvalue weighted by atomic mass is 16.2. The molecule has 1 heterocycles. The predicted octanol–water partition coefficient (Wildman–Crippen LogP) is 3.44. The summed E-state index contributed by atoms with van der Waals surface area (Å²) in [6.45, 7) is 5.91. The molecule has 1 aromatic carbocycles. The molecule has 4 saturated carbocycles. The van der Waals surface area contributed by atoms with Gasteiger partial charge in [0.1, 0.15) is 0 Å². The SMILES string of the molecule is CC(C)(C(=O)NC1C2CC3CC(C2)CC1(C(N)=O)C3)N1CCCC(c2ccccc2)C1. The van der Waals surface area contributed by atoms with Gasteiger partial charge in [-0.2, -0.15) is 0 Å². The smallest absolute Gasteiger partial charge is 0.240 e. The van der Waals surface area contributed by atoms with Crippen LogP contribution in [-0.2, 0) is 9.59 Å². The van der Waals surface area contributed by atoms with E-state index in [1.165, 1.54) is 12.0 Å². The molecule has 5 fully saturated rings. The van der Waals surface area contributed by atoms with Crippen LogP contribution in [0.5, 0.6) is 0 Å². The van der Waals surface area contributed by atoms with Crippen molar-refractivity contribution in [2.75, 3.05) is 13.1 Å². The lowest BCUT2D eigenvalue weighted by molar-refractivity contribution is -0.154. The van der Waals surface area contributed by atoms with Gasteiger partial charge in [0.05, 0.1) is 11.0 Å². The summed E-state index contributed by atoms with van der Waals surface area (Å²) in [5, 5.41) is 3.39. The topological polar surface area (TPSA) is 75.4 Å². The summed E-state index contributed by atoms with van der Waals surface area (Å²) in [6, 6.07) is 10.6. The lowest BCUT2D eigenvalue weighted by atomic mass is 9.47. The number of nitrogens with one attached hydrogen (secondary N) is 1. The number of hydrogen-bond acceptors (Lipinski definition) is 3. The number of hydrogen-bond donors (Lipinski definition) is 2. The number of carbonyl (C=O) groups excluding carboxylic acids is 2. The highest BCUT2D eigenvalue weighted by Gasteiger charge is 2.61. The molecule has 2 amide bonds. The van der Waals surface area contributed by atoms with Gasteiger partial charge in [-0.3, -0.25) is 14.5 Å². The van der Waals surface area contributed by atoms with Crippen LogP contribution in [0.25, 0.3) is 0 Å². The number of carbonyl (C=O) groups is 2. The van der Waals surface area contributed by atoms with Gasteiger partial charge in [0.25, 0.3) is 0 Å². The number of primary amides is 1. The quantitative estimate of drug-likeness (QED) is 0.762. The molecular formula is C26H37N3O2. The van der Waals surface area contributed by atoms with Crippen molar-refractivity contribution < 1.29 is 9.59 Å². The van der Waals surface area contributed by atoms with E-state index >= 15 is 0 Å². The highest BCUT2D eigenvalue weighted by Crippen LogP contribution is 2.60. The third-order valence-corrected chi connectivity index (χ3v) is 9.13. The van der Waals surface area contributed by atoms with Crippen LogP contribution >= 0.6 is 0 Å². The number of likely N-dealkylation sites (tertiary alicyclic amines) is 1. The summed E-state index contributed by atoms with van der Waals surface area (Å²) < 4.78 is 0. The van der Waals surface area contributed by atoms with Gasteiger partial charge < -0.3 is 11.1 Å². The normalized spacial score (nSPS) is 37.5. The molecule has 6 rings (SSSR count). The molecule has 0 spiro atoms. The second-order valence-electron chi connectivity index (χ2n) is 11.3. The second-order valence-corrected chi connectivity index (χ2v) is 11.3. The summed E-state index contributed by atoms with van der Waals surface area (Å²) in [4.78, 5) is 28.7. The van der Waals surface area contributed by atoms with Crippen LogP contribution in [0.3, 0.4) is 0 Å². The molecule has 0 radical (unpaired) electrons. The third kappa shape index (κ3) is 3.49. The van der Waals surface area contributed by atoms with E-state index in [4.69, 9.17) is 5.73 Å². The number of benzene rings is 1. The first-order valence-corrected chi connectivity index (χ1v) is 12.2. The Morgan fingerprint density at radius 1 is 1.10 bits per heavy atom. The molecule has 1 aliphatic heterocycles. The minimum absolute atomic E-state index is 0.0549. The maximum atomic E-state index is 13.7. The maximum Gasteiger partial charge on any atom is 0.240 e. The Bertz CT molecular complexity index is 837. The van der Waals surface area contributed by atoms with Crippen LogP contribution in [0, 0.1) is 23.2 Å². The van der Waals surface area contributed by atoms with E-state index in [-0.39, 0.29) is 17.9 Å². The standard InChI is InChI=1S/C26H37N3O2/c1-25(2,29-10-6-9-20(16-29)19-7-4-3-5-8-19)24(31)28-22-21-12-17-11-18(13-21)15-26(22,14-17)23(27)30/h3-5,7-8,17-18,20-22H,6,9-16H2,1-2H3,(H2,27,30)(H,28,31). The van der Waals surface area contributed by atoms with Gasteiger partial charge in [0, 0.05) is 12.6 Å². The molecule has 5 heteroatoms. The molecule has 5 nitrogen and oxygen atoms in total. The van der Waals surface area contributed by atoms with Gasteiger partial charge in [-0.25, -0.2) is 0 Å². The van der Waals surface area contributed by atoms with Crippen LogP contribution < -0.4 is 11.1 Å². The van der Waals surface area contributed by atoms with Crippen LogP contribution in [0.1, 0.15) is 70.3 Å². The van der Waals surface area contributed by atoms with E-state index < -0.39 is 11.0 Å². The Kier molecular flexibility index (Phi) is 5.16. The van der Waals surface area contributed by atoms with Crippen LogP contribution in [-0.4, -0.2) is 41.4 Å². The number of amides is 2. The lowest BCUT2D eigenvalue weighted by Gasteiger charge is -2.60. The van der Waals surface area contributed by atoms with E-state index in [0.29, 0.717) is 23.7 Å². The zero-order valence-electron chi connectivity index (χ0n) is 19.0. The molecule has 4 aliphatic carbocycles. The van der Waals surface area contributed by atoms with Gasteiger partial charge in [0.15, 0.2) is 0 Å². The molecular weight excluding hydrogens is 386 g/mol. The Labute approximate surface area is 186 Å². The average Bonchev–Trinajstić information content (AvgIpc) is 2.76. The van der Waals surface area contributed by atoms with Crippen molar-refractivity contribution in [3.63, 3.8) is 0 Å². The zero-order valence-corrected chi connectivity index (χ0v) is 19.0. The van der Waals surface area contributed by atoms with E-state index in [0.717, 1.165) is 51.6 Å². The van der Waals surface area contributed by atoms with Gasteiger partial charge in [-0.05, 0) is 94.6 Å². The lowest BCUT2D eigenvalue weighted by Crippen LogP contribution is -2.69. The van der Waals surface area contributed by atoms with Crippen LogP contribution in [0.2, 0.25) is 0 Å². The highest BCUT2D eigenvalue weighted by molar-refractivity contribution is 5.88. The summed E-state index contributed by atoms with van der Waals surface area (Å²) in [5.41, 5.74) is 6.21. The van der Waals surface area contributed by atoms with Gasteiger partial charge in [-0.15, -0.1) is 0 Å². The first kappa shape index (κ1) is 21.0. The predicted molar refractivity (Wildman–Crippen MR) is 121 cm³/mol. The average molecular weight is 424 g/mol. The Morgan fingerprint density at radius 2 is 1.77 bits per heavy atom. The third-order valence-electron chi connectivity index (χ3n) is 9.13. The number of nitrogens with zero attached hydrogens (tertiary/aromatic N) is 1. The molecule has 5 aliphatic rings. The summed E-state index contributed by atoms with van der Waals surface area (Å²) >= 11 is 0. The molecule has 1 saturated heterocycles. The van der Waals surface area contributed by atoms with E-state index in [9.17, 15) is 9.59 Å². The van der Waals surface area contributed by atoms with Crippen molar-refractivity contribution in [2.24, 2.45) is 28.9 Å². The molecule has 0 aromatic heterocycles. The van der Waals surface area contributed by atoms with Gasteiger partial charge in [-0.1, -0.05) is 30.3 Å². The van der Waals surface area contributed by atoms with Crippen molar-refractivity contribution in [3.05, 3.63) is 35.9 Å². The largest absolute Gasteiger partial charge is 0.369 e. The van der Waals surface area contributed by atoms with E-state index in [1.54, 1.807) is 0 Å². The number of nitrogens with two attached hydrogens (primary N) is 1. The number of rotatable bonds is 5. The summed E-state index contributed by atoms with van der Waals surface area (Å²) in [7, 11) is 0. The molecule has 1 aromatic rings. The molecule has 4 bridgehead atoms. The fourth-order valence-corrected chi connectivity index (χ4v) is 7.59.